The molecule has 0 amide bonds. The Bertz CT molecular complexity index is 380. The molecule has 2 aliphatic rings. The average Bonchev–Trinajstić information content (AvgIpc) is 2.54. The van der Waals surface area contributed by atoms with Gasteiger partial charge in [-0.3, -0.25) is 0 Å². The highest BCUT2D eigenvalue weighted by atomic mass is 16.7. The molecule has 0 radical (unpaired) electrons. The maximum absolute atomic E-state index is 9.94. The van der Waals surface area contributed by atoms with Crippen LogP contribution in [-0.4, -0.2) is 115 Å². The van der Waals surface area contributed by atoms with Gasteiger partial charge in [-0.2, -0.15) is 0 Å². The van der Waals surface area contributed by atoms with Crippen molar-refractivity contribution in [2.45, 2.75) is 61.4 Å². The molecular formula is C12H22O11. The predicted octanol–water partition coefficient (Wildman–Crippen LogP) is -5.40. The first kappa shape index (κ1) is 18.9. The lowest BCUT2D eigenvalue weighted by Crippen LogP contribution is -2.64. The van der Waals surface area contributed by atoms with E-state index in [4.69, 9.17) is 24.4 Å². The Balaban J connectivity index is 2.08. The number of hydrogen-bond donors (Lipinski definition) is 8. The Labute approximate surface area is 130 Å². The van der Waals surface area contributed by atoms with E-state index in [9.17, 15) is 30.6 Å². The molecule has 23 heavy (non-hydrogen) atoms. The maximum Gasteiger partial charge on any atom is 0.187 e. The SMILES string of the molecule is OC[C@H]1O[C@@H](O[C@@H]2C(O)O[C@H](CO)[C@@H](O)[C@@H]2O)[C@@H](O)[C@@H](O)[C@@H]1O. The minimum absolute atomic E-state index is 0.651. The summed E-state index contributed by atoms with van der Waals surface area (Å²) in [6.07, 6.45) is -15.6. The number of ether oxygens (including phenoxy) is 3. The Morgan fingerprint density at radius 3 is 1.74 bits per heavy atom. The van der Waals surface area contributed by atoms with E-state index in [1.807, 2.05) is 0 Å². The molecule has 0 aromatic heterocycles. The van der Waals surface area contributed by atoms with Gasteiger partial charge in [0.1, 0.15) is 48.8 Å². The van der Waals surface area contributed by atoms with Gasteiger partial charge in [0.2, 0.25) is 0 Å². The summed E-state index contributed by atoms with van der Waals surface area (Å²) in [5, 5.41) is 76.7. The van der Waals surface area contributed by atoms with Crippen LogP contribution in [0.4, 0.5) is 0 Å². The monoisotopic (exact) mass is 342 g/mol. The van der Waals surface area contributed by atoms with Crippen molar-refractivity contribution in [2.75, 3.05) is 13.2 Å². The first-order chi connectivity index (χ1) is 10.8. The minimum Gasteiger partial charge on any atom is -0.394 e. The van der Waals surface area contributed by atoms with E-state index >= 15 is 0 Å². The zero-order valence-electron chi connectivity index (χ0n) is 12.0. The normalized spacial score (nSPS) is 51.7. The molecule has 2 aliphatic heterocycles. The van der Waals surface area contributed by atoms with Gasteiger partial charge in [-0.05, 0) is 0 Å². The molecule has 0 spiro atoms. The third kappa shape index (κ3) is 3.65. The Morgan fingerprint density at radius 1 is 0.652 bits per heavy atom. The van der Waals surface area contributed by atoms with Crippen LogP contribution in [0.1, 0.15) is 0 Å². The second-order valence-corrected chi connectivity index (χ2v) is 5.53. The molecule has 0 aromatic rings. The zero-order valence-corrected chi connectivity index (χ0v) is 12.0. The highest BCUT2D eigenvalue weighted by Gasteiger charge is 2.50. The molecule has 136 valence electrons. The summed E-state index contributed by atoms with van der Waals surface area (Å²) in [6, 6.07) is 0. The van der Waals surface area contributed by atoms with Crippen molar-refractivity contribution >= 4 is 0 Å². The van der Waals surface area contributed by atoms with Crippen LogP contribution in [0.15, 0.2) is 0 Å². The third-order valence-electron chi connectivity index (χ3n) is 3.98. The highest BCUT2D eigenvalue weighted by molar-refractivity contribution is 4.93. The highest BCUT2D eigenvalue weighted by Crippen LogP contribution is 2.28. The van der Waals surface area contributed by atoms with E-state index in [1.165, 1.54) is 0 Å². The largest absolute Gasteiger partial charge is 0.394 e. The summed E-state index contributed by atoms with van der Waals surface area (Å²) in [5.41, 5.74) is 0. The van der Waals surface area contributed by atoms with E-state index < -0.39 is 74.6 Å². The fourth-order valence-corrected chi connectivity index (χ4v) is 2.55. The summed E-state index contributed by atoms with van der Waals surface area (Å²) in [6.45, 7) is -1.33. The first-order valence-corrected chi connectivity index (χ1v) is 7.08. The summed E-state index contributed by atoms with van der Waals surface area (Å²) in [4.78, 5) is 0. The summed E-state index contributed by atoms with van der Waals surface area (Å²) in [5.74, 6) is 0. The molecule has 2 saturated heterocycles. The summed E-state index contributed by atoms with van der Waals surface area (Å²) >= 11 is 0. The van der Waals surface area contributed by atoms with Gasteiger partial charge < -0.3 is 55.1 Å². The molecule has 10 atom stereocenters. The van der Waals surface area contributed by atoms with E-state index in [1.54, 1.807) is 0 Å². The van der Waals surface area contributed by atoms with Crippen LogP contribution in [0.25, 0.3) is 0 Å². The van der Waals surface area contributed by atoms with Crippen molar-refractivity contribution in [1.29, 1.82) is 0 Å². The van der Waals surface area contributed by atoms with Gasteiger partial charge in [-0.25, -0.2) is 0 Å². The number of aliphatic hydroxyl groups is 8. The van der Waals surface area contributed by atoms with Crippen molar-refractivity contribution in [2.24, 2.45) is 0 Å². The lowest BCUT2D eigenvalue weighted by Gasteiger charge is -2.44. The quantitative estimate of drug-likeness (QED) is 0.243. The fourth-order valence-electron chi connectivity index (χ4n) is 2.55. The Hall–Kier alpha value is -0.440. The van der Waals surface area contributed by atoms with Crippen molar-refractivity contribution in [3.05, 3.63) is 0 Å². The van der Waals surface area contributed by atoms with Gasteiger partial charge in [0.25, 0.3) is 0 Å². The van der Waals surface area contributed by atoms with E-state index in [0.29, 0.717) is 0 Å². The van der Waals surface area contributed by atoms with Crippen LogP contribution in [0.2, 0.25) is 0 Å². The molecular weight excluding hydrogens is 320 g/mol. The van der Waals surface area contributed by atoms with Crippen LogP contribution in [0.3, 0.4) is 0 Å². The lowest BCUT2D eigenvalue weighted by atomic mass is 9.97. The topological polar surface area (TPSA) is 190 Å². The van der Waals surface area contributed by atoms with Crippen LogP contribution < -0.4 is 0 Å². The third-order valence-corrected chi connectivity index (χ3v) is 3.98. The maximum atomic E-state index is 9.94. The lowest BCUT2D eigenvalue weighted by molar-refractivity contribution is -0.361. The van der Waals surface area contributed by atoms with Gasteiger partial charge in [-0.1, -0.05) is 0 Å². The van der Waals surface area contributed by atoms with Gasteiger partial charge in [0, 0.05) is 0 Å². The summed E-state index contributed by atoms with van der Waals surface area (Å²) in [7, 11) is 0. The number of rotatable bonds is 4. The van der Waals surface area contributed by atoms with Gasteiger partial charge in [0.15, 0.2) is 12.6 Å². The molecule has 0 bridgehead atoms. The smallest absolute Gasteiger partial charge is 0.187 e. The number of hydrogen-bond acceptors (Lipinski definition) is 11. The second kappa shape index (κ2) is 7.63. The molecule has 11 heteroatoms. The predicted molar refractivity (Wildman–Crippen MR) is 68.6 cm³/mol. The van der Waals surface area contributed by atoms with Crippen LogP contribution in [0, 0.1) is 0 Å². The molecule has 11 nitrogen and oxygen atoms in total. The summed E-state index contributed by atoms with van der Waals surface area (Å²) < 4.78 is 15.1. The molecule has 0 aromatic carbocycles. The number of aliphatic hydroxyl groups excluding tert-OH is 8. The molecule has 1 unspecified atom stereocenters. The Kier molecular flexibility index (Phi) is 6.27. The second-order valence-electron chi connectivity index (χ2n) is 5.53. The van der Waals surface area contributed by atoms with Crippen LogP contribution >= 0.6 is 0 Å². The average molecular weight is 342 g/mol. The van der Waals surface area contributed by atoms with Crippen molar-refractivity contribution in [3.8, 4) is 0 Å². The van der Waals surface area contributed by atoms with Gasteiger partial charge in [0.05, 0.1) is 13.2 Å². The molecule has 2 heterocycles. The molecule has 0 aliphatic carbocycles. The van der Waals surface area contributed by atoms with E-state index in [2.05, 4.69) is 0 Å². The zero-order chi connectivity index (χ0) is 17.3. The van der Waals surface area contributed by atoms with Crippen molar-refractivity contribution < 1.29 is 55.1 Å². The molecule has 2 rings (SSSR count). The van der Waals surface area contributed by atoms with Crippen LogP contribution in [0.5, 0.6) is 0 Å². The van der Waals surface area contributed by atoms with E-state index in [0.717, 1.165) is 0 Å². The minimum atomic E-state index is -1.75. The fraction of sp³-hybridized carbons (Fsp3) is 1.00. The van der Waals surface area contributed by atoms with Gasteiger partial charge in [-0.15, -0.1) is 0 Å². The first-order valence-electron chi connectivity index (χ1n) is 7.08. The molecule has 0 saturated carbocycles. The standard InChI is InChI=1S/C12H22O11/c13-1-3-6(16)8(18)10(11(20)21-3)23-12-9(19)7(17)5(15)4(2-14)22-12/h3-20H,1-2H2/t3-,4-,5-,6-,7+,8+,9+,10+,11?,12+/m1/s1. The van der Waals surface area contributed by atoms with Crippen molar-refractivity contribution in [1.82, 2.24) is 0 Å². The molecule has 2 fully saturated rings. The molecule has 8 N–H and O–H groups in total. The van der Waals surface area contributed by atoms with E-state index in [-0.39, 0.29) is 0 Å². The van der Waals surface area contributed by atoms with Crippen LogP contribution in [-0.2, 0) is 14.2 Å². The van der Waals surface area contributed by atoms with Crippen molar-refractivity contribution in [3.63, 3.8) is 0 Å². The Morgan fingerprint density at radius 2 is 1.17 bits per heavy atom. The van der Waals surface area contributed by atoms with Gasteiger partial charge >= 0.3 is 0 Å².